The standard InChI is InChI=1S/C27H34N4O3/c1-27(2,3)34-26(33)29-24(18-21-8-5-4-6-9-21)25(32)31-15-7-14-30(16-17-31)20-23-12-10-22(19-28)11-13-23/h4-6,8-13,24H,7,14-18,20H2,1-3H3,(H,29,33). The molecule has 0 aliphatic carbocycles. The predicted octanol–water partition coefficient (Wildman–Crippen LogP) is 3.73. The van der Waals surface area contributed by atoms with Gasteiger partial charge in [-0.25, -0.2) is 4.79 Å². The van der Waals surface area contributed by atoms with Crippen LogP contribution in [0.4, 0.5) is 4.79 Å². The minimum atomic E-state index is -0.692. The van der Waals surface area contributed by atoms with Crippen LogP contribution in [0.3, 0.4) is 0 Å². The third-order valence-corrected chi connectivity index (χ3v) is 5.66. The number of nitrogens with one attached hydrogen (secondary N) is 1. The first-order valence-electron chi connectivity index (χ1n) is 11.8. The summed E-state index contributed by atoms with van der Waals surface area (Å²) in [4.78, 5) is 30.2. The number of hydrogen-bond acceptors (Lipinski definition) is 5. The van der Waals surface area contributed by atoms with Crippen LogP contribution in [0.2, 0.25) is 0 Å². The zero-order chi connectivity index (χ0) is 24.6. The molecule has 180 valence electrons. The monoisotopic (exact) mass is 462 g/mol. The summed E-state index contributed by atoms with van der Waals surface area (Å²) in [5.41, 5.74) is 2.14. The van der Waals surface area contributed by atoms with E-state index in [-0.39, 0.29) is 5.91 Å². The summed E-state index contributed by atoms with van der Waals surface area (Å²) >= 11 is 0. The van der Waals surface area contributed by atoms with Gasteiger partial charge in [-0.3, -0.25) is 9.69 Å². The lowest BCUT2D eigenvalue weighted by Crippen LogP contribution is -2.51. The van der Waals surface area contributed by atoms with Crippen molar-refractivity contribution in [1.82, 2.24) is 15.1 Å². The van der Waals surface area contributed by atoms with Crippen molar-refractivity contribution in [3.05, 3.63) is 71.3 Å². The minimum Gasteiger partial charge on any atom is -0.444 e. The Balaban J connectivity index is 1.64. The van der Waals surface area contributed by atoms with Gasteiger partial charge in [-0.15, -0.1) is 0 Å². The highest BCUT2D eigenvalue weighted by atomic mass is 16.6. The highest BCUT2D eigenvalue weighted by Crippen LogP contribution is 2.14. The van der Waals surface area contributed by atoms with Gasteiger partial charge in [0.05, 0.1) is 11.6 Å². The Labute approximate surface area is 202 Å². The van der Waals surface area contributed by atoms with Gasteiger partial charge in [-0.2, -0.15) is 5.26 Å². The second kappa shape index (κ2) is 11.7. The zero-order valence-corrected chi connectivity index (χ0v) is 20.3. The Morgan fingerprint density at radius 2 is 1.71 bits per heavy atom. The van der Waals surface area contributed by atoms with Crippen molar-refractivity contribution in [2.75, 3.05) is 26.2 Å². The second-order valence-electron chi connectivity index (χ2n) is 9.65. The third kappa shape index (κ3) is 7.89. The van der Waals surface area contributed by atoms with Crippen LogP contribution in [0.15, 0.2) is 54.6 Å². The molecule has 7 heteroatoms. The summed E-state index contributed by atoms with van der Waals surface area (Å²) in [6, 6.07) is 18.8. The van der Waals surface area contributed by atoms with Crippen molar-refractivity contribution in [1.29, 1.82) is 5.26 Å². The Morgan fingerprint density at radius 3 is 2.35 bits per heavy atom. The third-order valence-electron chi connectivity index (χ3n) is 5.66. The van der Waals surface area contributed by atoms with Crippen LogP contribution >= 0.6 is 0 Å². The normalized spacial score (nSPS) is 15.6. The van der Waals surface area contributed by atoms with Crippen molar-refractivity contribution >= 4 is 12.0 Å². The lowest BCUT2D eigenvalue weighted by Gasteiger charge is -2.28. The van der Waals surface area contributed by atoms with Gasteiger partial charge in [0.1, 0.15) is 11.6 Å². The molecule has 1 saturated heterocycles. The molecule has 0 saturated carbocycles. The molecule has 2 aromatic rings. The molecule has 0 bridgehead atoms. The van der Waals surface area contributed by atoms with Crippen molar-refractivity contribution in [2.45, 2.75) is 51.8 Å². The first-order chi connectivity index (χ1) is 16.2. The number of rotatable bonds is 6. The van der Waals surface area contributed by atoms with Gasteiger partial charge in [0.2, 0.25) is 5.91 Å². The zero-order valence-electron chi connectivity index (χ0n) is 20.3. The molecule has 1 fully saturated rings. The van der Waals surface area contributed by atoms with Crippen molar-refractivity contribution in [3.8, 4) is 6.07 Å². The van der Waals surface area contributed by atoms with Gasteiger partial charge < -0.3 is 15.0 Å². The number of hydrogen-bond donors (Lipinski definition) is 1. The van der Waals surface area contributed by atoms with Crippen molar-refractivity contribution in [3.63, 3.8) is 0 Å². The summed E-state index contributed by atoms with van der Waals surface area (Å²) in [6.07, 6.45) is 0.677. The number of alkyl carbamates (subject to hydrolysis) is 1. The van der Waals surface area contributed by atoms with E-state index in [2.05, 4.69) is 16.3 Å². The van der Waals surface area contributed by atoms with Crippen LogP contribution in [0.5, 0.6) is 0 Å². The van der Waals surface area contributed by atoms with E-state index in [0.29, 0.717) is 25.1 Å². The van der Waals surface area contributed by atoms with E-state index < -0.39 is 17.7 Å². The lowest BCUT2D eigenvalue weighted by atomic mass is 10.0. The number of ether oxygens (including phenoxy) is 1. The quantitative estimate of drug-likeness (QED) is 0.707. The summed E-state index contributed by atoms with van der Waals surface area (Å²) in [7, 11) is 0. The molecule has 34 heavy (non-hydrogen) atoms. The maximum Gasteiger partial charge on any atom is 0.408 e. The Morgan fingerprint density at radius 1 is 1.00 bits per heavy atom. The molecule has 3 rings (SSSR count). The number of amides is 2. The molecule has 1 N–H and O–H groups in total. The molecule has 7 nitrogen and oxygen atoms in total. The first kappa shape index (κ1) is 25.3. The van der Waals surface area contributed by atoms with Gasteiger partial charge in [0, 0.05) is 39.1 Å². The fraction of sp³-hybridized carbons (Fsp3) is 0.444. The molecule has 1 unspecified atom stereocenters. The molecule has 1 aliphatic rings. The first-order valence-corrected chi connectivity index (χ1v) is 11.8. The number of nitriles is 1. The molecule has 1 heterocycles. The van der Waals surface area contributed by atoms with Crippen molar-refractivity contribution < 1.29 is 14.3 Å². The maximum absolute atomic E-state index is 13.5. The van der Waals surface area contributed by atoms with Crippen molar-refractivity contribution in [2.24, 2.45) is 0 Å². The Kier molecular flexibility index (Phi) is 8.67. The highest BCUT2D eigenvalue weighted by Gasteiger charge is 2.29. The molecule has 1 aliphatic heterocycles. The molecule has 1 atom stereocenters. The number of carbonyl (C=O) groups is 2. The lowest BCUT2D eigenvalue weighted by molar-refractivity contribution is -0.133. The second-order valence-corrected chi connectivity index (χ2v) is 9.65. The van der Waals surface area contributed by atoms with Gasteiger partial charge in [0.15, 0.2) is 0 Å². The fourth-order valence-corrected chi connectivity index (χ4v) is 4.01. The van der Waals surface area contributed by atoms with Gasteiger partial charge in [0.25, 0.3) is 0 Å². The van der Waals surface area contributed by atoms with E-state index in [4.69, 9.17) is 10.00 Å². The van der Waals surface area contributed by atoms with E-state index in [1.807, 2.05) is 59.5 Å². The van der Waals surface area contributed by atoms with Gasteiger partial charge in [-0.1, -0.05) is 42.5 Å². The molecule has 2 amide bonds. The molecule has 0 aromatic heterocycles. The van der Waals surface area contributed by atoms with E-state index in [9.17, 15) is 9.59 Å². The van der Waals surface area contributed by atoms with Crippen LogP contribution in [0.25, 0.3) is 0 Å². The topological polar surface area (TPSA) is 85.7 Å². The molecular formula is C27H34N4O3. The van der Waals surface area contributed by atoms with E-state index in [0.717, 1.165) is 37.2 Å². The Hall–Kier alpha value is -3.37. The average Bonchev–Trinajstić information content (AvgIpc) is 3.04. The largest absolute Gasteiger partial charge is 0.444 e. The smallest absolute Gasteiger partial charge is 0.408 e. The minimum absolute atomic E-state index is 0.0880. The van der Waals surface area contributed by atoms with Crippen LogP contribution in [-0.2, 0) is 22.5 Å². The molecule has 0 radical (unpaired) electrons. The molecule has 0 spiro atoms. The predicted molar refractivity (Wildman–Crippen MR) is 131 cm³/mol. The summed E-state index contributed by atoms with van der Waals surface area (Å²) in [5.74, 6) is -0.0880. The van der Waals surface area contributed by atoms with Gasteiger partial charge in [-0.05, 0) is 50.5 Å². The molecular weight excluding hydrogens is 428 g/mol. The van der Waals surface area contributed by atoms with Gasteiger partial charge >= 0.3 is 6.09 Å². The van der Waals surface area contributed by atoms with Crippen LogP contribution in [0, 0.1) is 11.3 Å². The van der Waals surface area contributed by atoms with Crippen LogP contribution in [-0.4, -0.2) is 59.6 Å². The van der Waals surface area contributed by atoms with E-state index in [1.54, 1.807) is 20.8 Å². The summed E-state index contributed by atoms with van der Waals surface area (Å²) in [6.45, 7) is 9.05. The number of carbonyl (C=O) groups excluding carboxylic acids is 2. The summed E-state index contributed by atoms with van der Waals surface area (Å²) in [5, 5.41) is 11.8. The van der Waals surface area contributed by atoms with Crippen LogP contribution < -0.4 is 5.32 Å². The number of nitrogens with zero attached hydrogens (tertiary/aromatic N) is 3. The fourth-order valence-electron chi connectivity index (χ4n) is 4.01. The van der Waals surface area contributed by atoms with E-state index >= 15 is 0 Å². The van der Waals surface area contributed by atoms with E-state index in [1.165, 1.54) is 0 Å². The summed E-state index contributed by atoms with van der Waals surface area (Å²) < 4.78 is 5.42. The van der Waals surface area contributed by atoms with Crippen LogP contribution in [0.1, 0.15) is 43.9 Å². The molecule has 2 aromatic carbocycles. The average molecular weight is 463 g/mol. The maximum atomic E-state index is 13.5. The SMILES string of the molecule is CC(C)(C)OC(=O)NC(Cc1ccccc1)C(=O)N1CCCN(Cc2ccc(C#N)cc2)CC1. The Bertz CT molecular complexity index is 993. The highest BCUT2D eigenvalue weighted by molar-refractivity contribution is 5.86. The number of benzene rings is 2.